The van der Waals surface area contributed by atoms with Gasteiger partial charge in [-0.1, -0.05) is 56.0 Å². The van der Waals surface area contributed by atoms with E-state index in [0.29, 0.717) is 0 Å². The van der Waals surface area contributed by atoms with Gasteiger partial charge in [0.1, 0.15) is 0 Å². The molecule has 2 heteroatoms. The summed E-state index contributed by atoms with van der Waals surface area (Å²) in [5.41, 5.74) is 1.99. The number of Topliss-reactive ketones (excluding diaryl/α,β-unsaturated/α-hetero) is 1. The van der Waals surface area contributed by atoms with E-state index in [1.165, 1.54) is 24.8 Å². The Morgan fingerprint density at radius 3 is 2.44 bits per heavy atom. The molecule has 0 fully saturated rings. The van der Waals surface area contributed by atoms with E-state index < -0.39 is 0 Å². The summed E-state index contributed by atoms with van der Waals surface area (Å²) in [6, 6.07) is 7.71. The summed E-state index contributed by atoms with van der Waals surface area (Å²) in [7, 11) is 0. The molecule has 0 aliphatic rings. The minimum Gasteiger partial charge on any atom is -0.307 e. The van der Waals surface area contributed by atoms with Gasteiger partial charge in [0.15, 0.2) is 5.78 Å². The van der Waals surface area contributed by atoms with Crippen LogP contribution in [0.25, 0.3) is 0 Å². The van der Waals surface area contributed by atoms with E-state index in [1.54, 1.807) is 0 Å². The number of ketones is 1. The van der Waals surface area contributed by atoms with Crippen LogP contribution in [-0.2, 0) is 0 Å². The van der Waals surface area contributed by atoms with Crippen LogP contribution in [0.2, 0.25) is 0 Å². The lowest BCUT2D eigenvalue weighted by molar-refractivity contribution is 0.0951. The molecule has 18 heavy (non-hydrogen) atoms. The Labute approximate surface area is 111 Å². The Hall–Kier alpha value is -1.15. The number of rotatable bonds is 8. The highest BCUT2D eigenvalue weighted by atomic mass is 16.1. The van der Waals surface area contributed by atoms with E-state index in [2.05, 4.69) is 12.2 Å². The average molecular weight is 247 g/mol. The highest BCUT2D eigenvalue weighted by molar-refractivity contribution is 5.99. The van der Waals surface area contributed by atoms with Crippen molar-refractivity contribution in [3.8, 4) is 0 Å². The standard InChI is InChI=1S/C16H25NO/c1-4-5-6-7-12-17-14(3)16(18)15-10-8-13(2)9-11-15/h8-11,14,17H,4-7,12H2,1-3H3. The first-order chi connectivity index (χ1) is 8.65. The van der Waals surface area contributed by atoms with Crippen molar-refractivity contribution in [3.05, 3.63) is 35.4 Å². The lowest BCUT2D eigenvalue weighted by Gasteiger charge is -2.12. The van der Waals surface area contributed by atoms with Gasteiger partial charge in [-0.2, -0.15) is 0 Å². The van der Waals surface area contributed by atoms with Gasteiger partial charge >= 0.3 is 0 Å². The van der Waals surface area contributed by atoms with Crippen LogP contribution in [0, 0.1) is 6.92 Å². The Balaban J connectivity index is 2.34. The molecule has 0 spiro atoms. The molecule has 0 bridgehead atoms. The second-order valence-corrected chi connectivity index (χ2v) is 4.97. The molecule has 0 aliphatic carbocycles. The first-order valence-corrected chi connectivity index (χ1v) is 6.99. The molecule has 0 saturated carbocycles. The fraction of sp³-hybridized carbons (Fsp3) is 0.562. The minimum absolute atomic E-state index is 0.0886. The summed E-state index contributed by atoms with van der Waals surface area (Å²) in [5, 5.41) is 3.30. The summed E-state index contributed by atoms with van der Waals surface area (Å²) >= 11 is 0. The molecule has 1 aromatic carbocycles. The van der Waals surface area contributed by atoms with E-state index in [4.69, 9.17) is 0 Å². The van der Waals surface area contributed by atoms with Crippen LogP contribution in [0.3, 0.4) is 0 Å². The van der Waals surface area contributed by atoms with Gasteiger partial charge in [0.25, 0.3) is 0 Å². The van der Waals surface area contributed by atoms with Crippen molar-refractivity contribution in [2.24, 2.45) is 0 Å². The maximum Gasteiger partial charge on any atom is 0.179 e. The van der Waals surface area contributed by atoms with Crippen molar-refractivity contribution in [1.82, 2.24) is 5.32 Å². The van der Waals surface area contributed by atoms with E-state index >= 15 is 0 Å². The highest BCUT2D eigenvalue weighted by Gasteiger charge is 2.13. The summed E-state index contributed by atoms with van der Waals surface area (Å²) < 4.78 is 0. The maximum absolute atomic E-state index is 12.1. The molecule has 0 radical (unpaired) electrons. The van der Waals surface area contributed by atoms with Gasteiger partial charge < -0.3 is 5.32 Å². The minimum atomic E-state index is -0.0886. The number of unbranched alkanes of at least 4 members (excludes halogenated alkanes) is 3. The number of carbonyl (C=O) groups is 1. The third-order valence-corrected chi connectivity index (χ3v) is 3.21. The average Bonchev–Trinajstić information content (AvgIpc) is 2.38. The number of benzene rings is 1. The Morgan fingerprint density at radius 1 is 1.17 bits per heavy atom. The van der Waals surface area contributed by atoms with Crippen LogP contribution >= 0.6 is 0 Å². The monoisotopic (exact) mass is 247 g/mol. The number of carbonyl (C=O) groups excluding carboxylic acids is 1. The molecule has 0 aromatic heterocycles. The molecule has 2 nitrogen and oxygen atoms in total. The fourth-order valence-corrected chi connectivity index (χ4v) is 1.93. The normalized spacial score (nSPS) is 12.4. The van der Waals surface area contributed by atoms with Crippen molar-refractivity contribution in [2.45, 2.75) is 52.5 Å². The molecule has 1 atom stereocenters. The van der Waals surface area contributed by atoms with Crippen LogP contribution in [0.1, 0.15) is 55.5 Å². The molecule has 1 rings (SSSR count). The molecule has 0 amide bonds. The molecule has 100 valence electrons. The molecule has 1 unspecified atom stereocenters. The Kier molecular flexibility index (Phi) is 6.66. The molecular formula is C16H25NO. The summed E-state index contributed by atoms with van der Waals surface area (Å²) in [5.74, 6) is 0.186. The van der Waals surface area contributed by atoms with E-state index in [0.717, 1.165) is 18.5 Å². The first kappa shape index (κ1) is 14.9. The third kappa shape index (κ3) is 5.01. The third-order valence-electron chi connectivity index (χ3n) is 3.21. The van der Waals surface area contributed by atoms with Gasteiger partial charge in [-0.05, 0) is 26.8 Å². The zero-order valence-corrected chi connectivity index (χ0v) is 11.8. The first-order valence-electron chi connectivity index (χ1n) is 6.99. The Bertz CT molecular complexity index is 356. The van der Waals surface area contributed by atoms with Crippen molar-refractivity contribution >= 4 is 5.78 Å². The lowest BCUT2D eigenvalue weighted by Crippen LogP contribution is -2.34. The van der Waals surface area contributed by atoms with Gasteiger partial charge in [-0.3, -0.25) is 4.79 Å². The van der Waals surface area contributed by atoms with Crippen molar-refractivity contribution in [1.29, 1.82) is 0 Å². The van der Waals surface area contributed by atoms with Gasteiger partial charge in [-0.15, -0.1) is 0 Å². The topological polar surface area (TPSA) is 29.1 Å². The molecule has 0 aliphatic heterocycles. The van der Waals surface area contributed by atoms with Crippen LogP contribution in [-0.4, -0.2) is 18.4 Å². The van der Waals surface area contributed by atoms with Crippen molar-refractivity contribution < 1.29 is 4.79 Å². The zero-order chi connectivity index (χ0) is 13.4. The smallest absolute Gasteiger partial charge is 0.179 e. The van der Waals surface area contributed by atoms with E-state index in [-0.39, 0.29) is 11.8 Å². The van der Waals surface area contributed by atoms with E-state index in [1.807, 2.05) is 38.1 Å². The van der Waals surface area contributed by atoms with Crippen LogP contribution in [0.5, 0.6) is 0 Å². The van der Waals surface area contributed by atoms with Crippen molar-refractivity contribution in [2.75, 3.05) is 6.54 Å². The van der Waals surface area contributed by atoms with Gasteiger partial charge in [0.05, 0.1) is 6.04 Å². The largest absolute Gasteiger partial charge is 0.307 e. The fourth-order valence-electron chi connectivity index (χ4n) is 1.93. The number of hydrogen-bond acceptors (Lipinski definition) is 2. The molecule has 0 saturated heterocycles. The SMILES string of the molecule is CCCCCCNC(C)C(=O)c1ccc(C)cc1. The van der Waals surface area contributed by atoms with Gasteiger partial charge in [0.2, 0.25) is 0 Å². The predicted molar refractivity (Wildman–Crippen MR) is 77.1 cm³/mol. The lowest BCUT2D eigenvalue weighted by atomic mass is 10.0. The maximum atomic E-state index is 12.1. The number of aryl methyl sites for hydroxylation is 1. The summed E-state index contributed by atoms with van der Waals surface area (Å²) in [4.78, 5) is 12.1. The summed E-state index contributed by atoms with van der Waals surface area (Å²) in [6.07, 6.45) is 4.92. The molecular weight excluding hydrogens is 222 g/mol. The summed E-state index contributed by atoms with van der Waals surface area (Å²) in [6.45, 7) is 7.11. The molecule has 1 aromatic rings. The van der Waals surface area contributed by atoms with Crippen molar-refractivity contribution in [3.63, 3.8) is 0 Å². The predicted octanol–water partition coefficient (Wildman–Crippen LogP) is 3.74. The second-order valence-electron chi connectivity index (χ2n) is 4.97. The highest BCUT2D eigenvalue weighted by Crippen LogP contribution is 2.06. The quantitative estimate of drug-likeness (QED) is 0.560. The van der Waals surface area contributed by atoms with Crippen LogP contribution < -0.4 is 5.32 Å². The number of nitrogens with one attached hydrogen (secondary N) is 1. The zero-order valence-electron chi connectivity index (χ0n) is 11.8. The van der Waals surface area contributed by atoms with Gasteiger partial charge in [0, 0.05) is 5.56 Å². The van der Waals surface area contributed by atoms with Crippen LogP contribution in [0.4, 0.5) is 0 Å². The molecule has 1 N–H and O–H groups in total. The van der Waals surface area contributed by atoms with E-state index in [9.17, 15) is 4.79 Å². The Morgan fingerprint density at radius 2 is 1.83 bits per heavy atom. The van der Waals surface area contributed by atoms with Crippen LogP contribution in [0.15, 0.2) is 24.3 Å². The molecule has 0 heterocycles. The van der Waals surface area contributed by atoms with Gasteiger partial charge in [-0.25, -0.2) is 0 Å². The number of hydrogen-bond donors (Lipinski definition) is 1. The second kappa shape index (κ2) is 8.04.